The molecule has 1 heterocycles. The Kier molecular flexibility index (Phi) is 7.29. The third-order valence-corrected chi connectivity index (χ3v) is 6.60. The van der Waals surface area contributed by atoms with Crippen molar-refractivity contribution in [3.05, 3.63) is 84.4 Å². The van der Waals surface area contributed by atoms with E-state index < -0.39 is 27.4 Å². The quantitative estimate of drug-likeness (QED) is 0.527. The van der Waals surface area contributed by atoms with E-state index >= 15 is 0 Å². The molecule has 3 aromatic rings. The zero-order valence-electron chi connectivity index (χ0n) is 18.4. The summed E-state index contributed by atoms with van der Waals surface area (Å²) >= 11 is 0. The molecule has 0 saturated carbocycles. The van der Waals surface area contributed by atoms with Crippen molar-refractivity contribution in [1.82, 2.24) is 9.97 Å². The average molecular weight is 490 g/mol. The molecule has 10 heteroatoms. The van der Waals surface area contributed by atoms with Crippen molar-refractivity contribution in [1.29, 1.82) is 0 Å². The number of rotatable bonds is 6. The van der Waals surface area contributed by atoms with Gasteiger partial charge in [-0.25, -0.2) is 18.4 Å². The van der Waals surface area contributed by atoms with Gasteiger partial charge in [0.05, 0.1) is 16.1 Å². The Labute approximate surface area is 196 Å². The van der Waals surface area contributed by atoms with Gasteiger partial charge in [-0.3, -0.25) is 4.31 Å². The lowest BCUT2D eigenvalue weighted by atomic mass is 9.93. The molecule has 2 aromatic carbocycles. The molecule has 0 bridgehead atoms. The van der Waals surface area contributed by atoms with E-state index in [-0.39, 0.29) is 28.6 Å². The van der Waals surface area contributed by atoms with Crippen LogP contribution < -0.4 is 4.31 Å². The lowest BCUT2D eigenvalue weighted by Crippen LogP contribution is -2.41. The molecular formula is C24H22F3N3O3S. The Balaban J connectivity index is 2.04. The molecule has 34 heavy (non-hydrogen) atoms. The topological polar surface area (TPSA) is 83.4 Å². The van der Waals surface area contributed by atoms with Crippen LogP contribution in [0.3, 0.4) is 0 Å². The summed E-state index contributed by atoms with van der Waals surface area (Å²) in [7, 11) is -3.97. The summed E-state index contributed by atoms with van der Waals surface area (Å²) in [6.07, 6.45) is -1.48. The summed E-state index contributed by atoms with van der Waals surface area (Å²) in [6.45, 7) is 3.76. The molecular weight excluding hydrogens is 467 g/mol. The lowest BCUT2D eigenvalue weighted by Gasteiger charge is -2.28. The summed E-state index contributed by atoms with van der Waals surface area (Å²) in [5.74, 6) is 4.06. The third-order valence-electron chi connectivity index (χ3n) is 4.79. The van der Waals surface area contributed by atoms with E-state index in [1.54, 1.807) is 18.2 Å². The second-order valence-electron chi connectivity index (χ2n) is 7.88. The highest BCUT2D eigenvalue weighted by Crippen LogP contribution is 2.39. The predicted molar refractivity (Wildman–Crippen MR) is 121 cm³/mol. The summed E-state index contributed by atoms with van der Waals surface area (Å²) in [5.41, 5.74) is -3.77. The number of halogens is 3. The van der Waals surface area contributed by atoms with Crippen molar-refractivity contribution >= 4 is 15.7 Å². The largest absolute Gasteiger partial charge is 0.433 e. The Morgan fingerprint density at radius 1 is 1.00 bits per heavy atom. The van der Waals surface area contributed by atoms with E-state index in [2.05, 4.69) is 15.9 Å². The van der Waals surface area contributed by atoms with Gasteiger partial charge in [0.2, 0.25) is 5.60 Å². The zero-order valence-corrected chi connectivity index (χ0v) is 19.2. The molecule has 0 aliphatic carbocycles. The van der Waals surface area contributed by atoms with E-state index in [0.29, 0.717) is 0 Å². The lowest BCUT2D eigenvalue weighted by molar-refractivity contribution is -0.240. The Hall–Kier alpha value is -3.42. The minimum atomic E-state index is -5.12. The van der Waals surface area contributed by atoms with Gasteiger partial charge in [0, 0.05) is 24.5 Å². The van der Waals surface area contributed by atoms with Crippen LogP contribution >= 0.6 is 0 Å². The van der Waals surface area contributed by atoms with Crippen LogP contribution in [0.1, 0.15) is 25.0 Å². The van der Waals surface area contributed by atoms with E-state index in [4.69, 9.17) is 0 Å². The zero-order chi connectivity index (χ0) is 25.0. The van der Waals surface area contributed by atoms with Gasteiger partial charge in [-0.15, -0.1) is 0 Å². The van der Waals surface area contributed by atoms with Crippen LogP contribution in [0, 0.1) is 17.8 Å². The number of hydrogen-bond donors (Lipinski definition) is 1. The van der Waals surface area contributed by atoms with Crippen LogP contribution in [0.25, 0.3) is 0 Å². The monoisotopic (exact) mass is 489 g/mol. The van der Waals surface area contributed by atoms with Gasteiger partial charge in [0.1, 0.15) is 6.33 Å². The highest BCUT2D eigenvalue weighted by Gasteiger charge is 2.54. The minimum Gasteiger partial charge on any atom is -0.366 e. The summed E-state index contributed by atoms with van der Waals surface area (Å²) in [5, 5.41) is 10.5. The van der Waals surface area contributed by atoms with Crippen LogP contribution in [0.4, 0.5) is 18.9 Å². The predicted octanol–water partition coefficient (Wildman–Crippen LogP) is 4.13. The molecule has 1 unspecified atom stereocenters. The first-order valence-corrected chi connectivity index (χ1v) is 11.6. The highest BCUT2D eigenvalue weighted by atomic mass is 32.2. The van der Waals surface area contributed by atoms with Gasteiger partial charge < -0.3 is 5.11 Å². The van der Waals surface area contributed by atoms with Crippen LogP contribution in [0.2, 0.25) is 0 Å². The first-order valence-electron chi connectivity index (χ1n) is 10.2. The molecule has 1 aromatic heterocycles. The van der Waals surface area contributed by atoms with Gasteiger partial charge >= 0.3 is 6.18 Å². The molecule has 0 saturated heterocycles. The highest BCUT2D eigenvalue weighted by molar-refractivity contribution is 7.92. The van der Waals surface area contributed by atoms with Gasteiger partial charge in [-0.2, -0.15) is 13.2 Å². The van der Waals surface area contributed by atoms with Crippen molar-refractivity contribution in [2.45, 2.75) is 30.5 Å². The summed E-state index contributed by atoms with van der Waals surface area (Å²) in [4.78, 5) is 7.43. The fraction of sp³-hybridized carbons (Fsp3) is 0.250. The molecule has 1 N–H and O–H groups in total. The number of aliphatic hydroxyl groups is 1. The molecule has 6 nitrogen and oxygen atoms in total. The normalized spacial score (nSPS) is 13.6. The molecule has 0 aliphatic rings. The van der Waals surface area contributed by atoms with Crippen LogP contribution in [0.15, 0.2) is 78.2 Å². The number of sulfonamides is 1. The number of hydrogen-bond acceptors (Lipinski definition) is 5. The molecule has 3 rings (SSSR count). The van der Waals surface area contributed by atoms with Crippen LogP contribution in [0.5, 0.6) is 0 Å². The Bertz CT molecular complexity index is 1270. The minimum absolute atomic E-state index is 0.0578. The van der Waals surface area contributed by atoms with Gasteiger partial charge in [0.25, 0.3) is 10.0 Å². The van der Waals surface area contributed by atoms with Gasteiger partial charge in [-0.1, -0.05) is 50.1 Å². The van der Waals surface area contributed by atoms with Gasteiger partial charge in [0.15, 0.2) is 0 Å². The van der Waals surface area contributed by atoms with E-state index in [9.17, 15) is 26.7 Å². The SMILES string of the molecule is CC(C)CN(c1ccc(C(O)(C#Cc2cncnc2)C(F)(F)F)cc1)S(=O)(=O)c1ccccc1. The van der Waals surface area contributed by atoms with E-state index in [1.807, 2.05) is 19.8 Å². The molecule has 1 atom stereocenters. The number of anilines is 1. The van der Waals surface area contributed by atoms with E-state index in [1.165, 1.54) is 43.0 Å². The first kappa shape index (κ1) is 25.2. The maximum atomic E-state index is 13.8. The standard InChI is InChI=1S/C24H22F3N3O3S/c1-18(2)16-30(34(32,33)22-6-4-3-5-7-22)21-10-8-20(9-11-21)23(31,24(25,26)27)13-12-19-14-28-17-29-15-19/h3-11,14-15,17-18,31H,16H2,1-2H3. The average Bonchev–Trinajstić information content (AvgIpc) is 2.81. The van der Waals surface area contributed by atoms with Crippen molar-refractivity contribution in [3.63, 3.8) is 0 Å². The third kappa shape index (κ3) is 5.38. The number of alkyl halides is 3. The second kappa shape index (κ2) is 9.83. The van der Waals surface area contributed by atoms with Crippen LogP contribution in [-0.2, 0) is 15.6 Å². The van der Waals surface area contributed by atoms with Crippen LogP contribution in [-0.4, -0.2) is 36.2 Å². The van der Waals surface area contributed by atoms with Crippen molar-refractivity contribution in [3.8, 4) is 11.8 Å². The second-order valence-corrected chi connectivity index (χ2v) is 9.74. The number of nitrogens with zero attached hydrogens (tertiary/aromatic N) is 3. The fourth-order valence-corrected chi connectivity index (χ4v) is 4.74. The molecule has 0 aliphatic heterocycles. The van der Waals surface area contributed by atoms with Crippen molar-refractivity contribution in [2.75, 3.05) is 10.8 Å². The maximum Gasteiger partial charge on any atom is 0.433 e. The molecule has 0 spiro atoms. The Morgan fingerprint density at radius 2 is 1.59 bits per heavy atom. The van der Waals surface area contributed by atoms with Crippen molar-refractivity contribution < 1.29 is 26.7 Å². The number of benzene rings is 2. The molecule has 0 radical (unpaired) electrons. The fourth-order valence-electron chi connectivity index (χ4n) is 3.10. The molecule has 0 fully saturated rings. The molecule has 178 valence electrons. The molecule has 0 amide bonds. The van der Waals surface area contributed by atoms with Crippen molar-refractivity contribution in [2.24, 2.45) is 5.92 Å². The summed E-state index contributed by atoms with van der Waals surface area (Å²) < 4.78 is 69.1. The van der Waals surface area contributed by atoms with E-state index in [0.717, 1.165) is 16.4 Å². The Morgan fingerprint density at radius 3 is 2.12 bits per heavy atom. The van der Waals surface area contributed by atoms with Gasteiger partial charge in [-0.05, 0) is 36.1 Å². The first-order chi connectivity index (χ1) is 15.9. The summed E-state index contributed by atoms with van der Waals surface area (Å²) in [6, 6.07) is 12.2. The smallest absolute Gasteiger partial charge is 0.366 e. The maximum absolute atomic E-state index is 13.8. The number of aromatic nitrogens is 2.